The van der Waals surface area contributed by atoms with E-state index >= 15 is 0 Å². The summed E-state index contributed by atoms with van der Waals surface area (Å²) in [5, 5.41) is 21.0. The molecule has 0 radical (unpaired) electrons. The fourth-order valence-electron chi connectivity index (χ4n) is 5.99. The summed E-state index contributed by atoms with van der Waals surface area (Å²) in [6.45, 7) is 0. The second-order valence-electron chi connectivity index (χ2n) is 10.3. The van der Waals surface area contributed by atoms with Crippen LogP contribution in [0.5, 0.6) is 0 Å². The number of H-pyrrole nitrogens is 2. The molecule has 1 aliphatic rings. The predicted molar refractivity (Wildman–Crippen MR) is 154 cm³/mol. The van der Waals surface area contributed by atoms with Crippen molar-refractivity contribution < 1.29 is 4.79 Å². The van der Waals surface area contributed by atoms with E-state index in [2.05, 4.69) is 48.9 Å². The van der Waals surface area contributed by atoms with Crippen LogP contribution in [-0.4, -0.2) is 40.8 Å². The van der Waals surface area contributed by atoms with E-state index < -0.39 is 0 Å². The minimum Gasteiger partial charge on any atom is -0.326 e. The molecule has 4 aromatic heterocycles. The van der Waals surface area contributed by atoms with Crippen LogP contribution in [0.25, 0.3) is 49.7 Å². The number of imidazole rings is 1. The van der Waals surface area contributed by atoms with E-state index in [0.717, 1.165) is 73.7 Å². The number of fused-ring (bicyclic) bond motifs is 6. The summed E-state index contributed by atoms with van der Waals surface area (Å²) in [4.78, 5) is 22.8. The van der Waals surface area contributed by atoms with Gasteiger partial charge in [0.25, 0.3) is 0 Å². The number of carbonyl (C=O) groups is 1. The summed E-state index contributed by atoms with van der Waals surface area (Å²) in [6.07, 6.45) is 11.3. The molecule has 0 saturated carbocycles. The van der Waals surface area contributed by atoms with Crippen LogP contribution in [0, 0.1) is 5.92 Å². The molecule has 1 unspecified atom stereocenters. The Hall–Kier alpha value is -5.31. The van der Waals surface area contributed by atoms with Gasteiger partial charge in [0.15, 0.2) is 0 Å². The zero-order valence-electron chi connectivity index (χ0n) is 21.4. The Balaban J connectivity index is 1.18. The molecule has 194 valence electrons. The van der Waals surface area contributed by atoms with E-state index in [1.54, 1.807) is 12.5 Å². The quantitative estimate of drug-likeness (QED) is 0.278. The van der Waals surface area contributed by atoms with Crippen molar-refractivity contribution in [2.45, 2.75) is 19.3 Å². The molecule has 0 saturated heterocycles. The van der Waals surface area contributed by atoms with Crippen molar-refractivity contribution in [3.63, 3.8) is 0 Å². The second kappa shape index (κ2) is 8.88. The number of amides is 1. The number of aromatic nitrogens is 7. The van der Waals surface area contributed by atoms with E-state index in [4.69, 9.17) is 4.98 Å². The maximum atomic E-state index is 13.5. The van der Waals surface area contributed by atoms with Gasteiger partial charge in [0.05, 0.1) is 41.0 Å². The fourth-order valence-corrected chi connectivity index (χ4v) is 5.99. The van der Waals surface area contributed by atoms with Crippen molar-refractivity contribution in [2.24, 2.45) is 5.92 Å². The third-order valence-corrected chi connectivity index (χ3v) is 8.00. The van der Waals surface area contributed by atoms with Crippen molar-refractivity contribution >= 4 is 44.3 Å². The molecule has 7 aromatic rings. The topological polar surface area (TPSA) is 117 Å². The molecule has 1 aliphatic carbocycles. The number of anilines is 1. The van der Waals surface area contributed by atoms with Gasteiger partial charge < -0.3 is 9.88 Å². The normalized spacial score (nSPS) is 15.1. The lowest BCUT2D eigenvalue weighted by atomic mass is 9.79. The number of pyridine rings is 1. The molecule has 9 nitrogen and oxygen atoms in total. The van der Waals surface area contributed by atoms with Gasteiger partial charge >= 0.3 is 0 Å². The molecule has 3 N–H and O–H groups in total. The number of nitrogens with one attached hydrogen (secondary N) is 3. The molecule has 1 atom stereocenters. The molecule has 0 aliphatic heterocycles. The average molecular weight is 525 g/mol. The van der Waals surface area contributed by atoms with E-state index in [1.165, 1.54) is 5.56 Å². The van der Waals surface area contributed by atoms with Gasteiger partial charge in [-0.15, -0.1) is 0 Å². The maximum absolute atomic E-state index is 13.5. The summed E-state index contributed by atoms with van der Waals surface area (Å²) < 4.78 is 1.93. The first kappa shape index (κ1) is 22.7. The highest BCUT2D eigenvalue weighted by molar-refractivity contribution is 6.08. The predicted octanol–water partition coefficient (Wildman–Crippen LogP) is 5.58. The van der Waals surface area contributed by atoms with Crippen LogP contribution < -0.4 is 5.32 Å². The molecule has 0 bridgehead atoms. The van der Waals surface area contributed by atoms with E-state index in [9.17, 15) is 4.79 Å². The Morgan fingerprint density at radius 2 is 1.80 bits per heavy atom. The molecule has 3 aromatic carbocycles. The van der Waals surface area contributed by atoms with Crippen molar-refractivity contribution in [1.82, 2.24) is 34.9 Å². The van der Waals surface area contributed by atoms with Gasteiger partial charge in [-0.1, -0.05) is 6.07 Å². The van der Waals surface area contributed by atoms with Crippen molar-refractivity contribution in [2.75, 3.05) is 5.32 Å². The van der Waals surface area contributed by atoms with Crippen LogP contribution in [0.1, 0.15) is 17.5 Å². The third kappa shape index (κ3) is 3.66. The summed E-state index contributed by atoms with van der Waals surface area (Å²) in [6, 6.07) is 18.1. The number of aryl methyl sites for hydroxylation is 1. The lowest BCUT2D eigenvalue weighted by molar-refractivity contribution is -0.120. The number of benzene rings is 3. The van der Waals surface area contributed by atoms with Crippen molar-refractivity contribution in [3.8, 4) is 16.9 Å². The zero-order chi connectivity index (χ0) is 26.6. The molecular weight excluding hydrogens is 500 g/mol. The lowest BCUT2D eigenvalue weighted by Gasteiger charge is -2.27. The average Bonchev–Trinajstić information content (AvgIpc) is 3.78. The minimum atomic E-state index is -0.167. The summed E-state index contributed by atoms with van der Waals surface area (Å²) in [5.41, 5.74) is 9.02. The first-order valence-electron chi connectivity index (χ1n) is 13.3. The summed E-state index contributed by atoms with van der Waals surface area (Å²) in [5.74, 6) is -0.140. The number of aromatic amines is 2. The Bertz CT molecular complexity index is 2040. The summed E-state index contributed by atoms with van der Waals surface area (Å²) in [7, 11) is 0. The second-order valence-corrected chi connectivity index (χ2v) is 10.3. The number of rotatable bonds is 4. The van der Waals surface area contributed by atoms with Crippen LogP contribution in [0.2, 0.25) is 0 Å². The van der Waals surface area contributed by atoms with Gasteiger partial charge in [0.2, 0.25) is 5.91 Å². The molecule has 9 heteroatoms. The highest BCUT2D eigenvalue weighted by Gasteiger charge is 2.30. The Labute approximate surface area is 228 Å². The Morgan fingerprint density at radius 3 is 2.67 bits per heavy atom. The monoisotopic (exact) mass is 524 g/mol. The van der Waals surface area contributed by atoms with Gasteiger partial charge in [-0.2, -0.15) is 10.2 Å². The van der Waals surface area contributed by atoms with Crippen LogP contribution in [0.4, 0.5) is 5.69 Å². The van der Waals surface area contributed by atoms with Crippen LogP contribution in [-0.2, 0) is 17.6 Å². The molecule has 40 heavy (non-hydrogen) atoms. The van der Waals surface area contributed by atoms with Crippen LogP contribution in [0.3, 0.4) is 0 Å². The Kier molecular flexibility index (Phi) is 5.03. The Morgan fingerprint density at radius 1 is 0.950 bits per heavy atom. The fraction of sp³-hybridized carbons (Fsp3) is 0.129. The zero-order valence-corrected chi connectivity index (χ0v) is 21.4. The molecule has 8 rings (SSSR count). The van der Waals surface area contributed by atoms with E-state index in [1.807, 2.05) is 59.6 Å². The lowest BCUT2D eigenvalue weighted by Crippen LogP contribution is -2.29. The van der Waals surface area contributed by atoms with Gasteiger partial charge in [-0.3, -0.25) is 15.0 Å². The SMILES string of the molecule is O=C(Nc1ccc(-n2ccnc2)cc1)C1CCc2c(c(-c3ccc4[nH]ncc4c3)nc3ccc4[nH]ncc4c23)C1. The van der Waals surface area contributed by atoms with Gasteiger partial charge in [0, 0.05) is 51.4 Å². The largest absolute Gasteiger partial charge is 0.326 e. The van der Waals surface area contributed by atoms with Gasteiger partial charge in [-0.25, -0.2) is 9.97 Å². The van der Waals surface area contributed by atoms with E-state index in [-0.39, 0.29) is 11.8 Å². The van der Waals surface area contributed by atoms with Gasteiger partial charge in [0.1, 0.15) is 0 Å². The highest BCUT2D eigenvalue weighted by Crippen LogP contribution is 2.40. The molecular formula is C31H24N8O. The minimum absolute atomic E-state index is 0.0267. The highest BCUT2D eigenvalue weighted by atomic mass is 16.1. The molecule has 0 spiro atoms. The number of hydrogen-bond donors (Lipinski definition) is 3. The van der Waals surface area contributed by atoms with Gasteiger partial charge in [-0.05, 0) is 78.9 Å². The molecule has 1 amide bonds. The first-order valence-corrected chi connectivity index (χ1v) is 13.3. The van der Waals surface area contributed by atoms with E-state index in [0.29, 0.717) is 6.42 Å². The number of hydrogen-bond acceptors (Lipinski definition) is 5. The first-order chi connectivity index (χ1) is 19.7. The van der Waals surface area contributed by atoms with Crippen LogP contribution in [0.15, 0.2) is 85.7 Å². The van der Waals surface area contributed by atoms with Crippen molar-refractivity contribution in [1.29, 1.82) is 0 Å². The number of carbonyl (C=O) groups excluding carboxylic acids is 1. The van der Waals surface area contributed by atoms with Crippen LogP contribution >= 0.6 is 0 Å². The summed E-state index contributed by atoms with van der Waals surface area (Å²) >= 11 is 0. The number of nitrogens with zero attached hydrogens (tertiary/aromatic N) is 5. The molecule has 0 fully saturated rings. The third-order valence-electron chi connectivity index (χ3n) is 8.00. The van der Waals surface area contributed by atoms with Crippen molar-refractivity contribution in [3.05, 3.63) is 96.8 Å². The smallest absolute Gasteiger partial charge is 0.227 e. The standard InChI is InChI=1S/C31H24N8O/c40-31(35-21-3-5-22(6-4-21)39-12-11-32-17-39)19-1-7-23-24(14-19)30(18-2-8-26-20(13-18)15-33-37-26)36-28-10-9-27-25(29(23)28)16-34-38-27/h2-6,8-13,15-17,19H,1,7,14H2,(H,33,37)(H,34,38)(H,35,40). The molecule has 4 heterocycles. The maximum Gasteiger partial charge on any atom is 0.227 e.